The number of benzene rings is 5. The van der Waals surface area contributed by atoms with Crippen LogP contribution in [0.5, 0.6) is 28.7 Å². The van der Waals surface area contributed by atoms with Gasteiger partial charge in [-0.3, -0.25) is 24.4 Å². The molecule has 9 atom stereocenters. The lowest BCUT2D eigenvalue weighted by Gasteiger charge is -2.17. The minimum Gasteiger partial charge on any atom is -0.491 e. The van der Waals surface area contributed by atoms with Crippen LogP contribution in [-0.2, 0) is 101 Å². The largest absolute Gasteiger partial charge is 0.491 e. The monoisotopic (exact) mass is 2110 g/mol. The third-order valence-electron chi connectivity index (χ3n) is 26.1. The molecule has 10 N–H and O–H groups in total. The molecule has 10 aliphatic heterocycles. The number of fused-ring (bicyclic) bond motifs is 15. The molecule has 55 heteroatoms. The molecular weight excluding hydrogens is 2020 g/mol. The molecule has 0 radical (unpaired) electrons. The zero-order chi connectivity index (χ0) is 107. The number of nitrogens with one attached hydrogen (secondary N) is 1. The van der Waals surface area contributed by atoms with Crippen LogP contribution in [0.3, 0.4) is 0 Å². The Bertz CT molecular complexity index is 6950. The number of imidazole rings is 6. The minimum absolute atomic E-state index is 0.00233. The molecule has 21 rings (SSSR count). The molecule has 796 valence electrons. The lowest BCUT2D eigenvalue weighted by Crippen LogP contribution is -2.38. The highest BCUT2D eigenvalue weighted by Crippen LogP contribution is 2.46. The van der Waals surface area contributed by atoms with E-state index in [1.807, 2.05) is 29.7 Å². The lowest BCUT2D eigenvalue weighted by molar-refractivity contribution is -0.132. The molecule has 0 aliphatic carbocycles. The molecule has 9 amide bonds. The van der Waals surface area contributed by atoms with Gasteiger partial charge in [0.05, 0.1) is 71.9 Å². The van der Waals surface area contributed by atoms with Crippen molar-refractivity contribution in [2.24, 2.45) is 40.9 Å². The highest BCUT2D eigenvalue weighted by Gasteiger charge is 2.49. The fraction of sp³-hybridized carbons (Fsp3) is 0.400. The number of carbonyl (C=O) groups excluding carboxylic acids is 9. The van der Waals surface area contributed by atoms with E-state index in [2.05, 4.69) is 29.9 Å². The van der Waals surface area contributed by atoms with Crippen molar-refractivity contribution in [1.82, 2.24) is 62.8 Å². The maximum atomic E-state index is 15.1. The van der Waals surface area contributed by atoms with E-state index in [9.17, 15) is 91.4 Å². The quantitative estimate of drug-likeness (QED) is 0.0150. The van der Waals surface area contributed by atoms with Gasteiger partial charge in [-0.15, -0.1) is 0 Å². The Labute approximate surface area is 840 Å². The minimum atomic E-state index is -2.82. The van der Waals surface area contributed by atoms with Gasteiger partial charge in [-0.25, -0.2) is 141 Å². The van der Waals surface area contributed by atoms with E-state index in [0.29, 0.717) is 102 Å². The van der Waals surface area contributed by atoms with Gasteiger partial charge in [-0.2, -0.15) is 0 Å². The molecule has 5 aromatic carbocycles. The van der Waals surface area contributed by atoms with Gasteiger partial charge >= 0.3 is 30.5 Å². The number of cyclic esters (lactones) is 5. The molecule has 42 nitrogen and oxygen atoms in total. The van der Waals surface area contributed by atoms with Gasteiger partial charge in [-0.1, -0.05) is 39.8 Å². The van der Waals surface area contributed by atoms with Crippen molar-refractivity contribution in [3.05, 3.63) is 156 Å². The summed E-state index contributed by atoms with van der Waals surface area (Å²) in [5.41, 5.74) is 28.8. The second-order valence-corrected chi connectivity index (χ2v) is 36.1. The predicted octanol–water partition coefficient (Wildman–Crippen LogP) is 11.8. The standard InChI is InChI=1S/3C19H19F3N4O4.C19H18F2N6O3.C19H20F2N4O5/c1-9(17(23)27)4-10-5-14-11(6-12(10)20)18-24-15(7-25(18)2-3-29-14)26-13(16(21)22)8-30-19(26)28;1-9(17(23)27)4-10-5-11(20)15-13(6-10)29-3-2-25-7-14(24-18(15)25)26-12(16(21)22)8-30-19(26)28;1-9(17(23)27)6-10-2-3-11-15(14(10)20)29-5-4-25-7-13(24-18(11)25)26-12(16(21)22)8-30-19(26)28;1-10-17(22)23-9-26(10)11-2-3-12-14(6-11)29-5-4-25-7-15(24-18(12)25)27-13(16(20)21)8-30-19(27)28;1-10(18(26)23-28)6-11-2-3-12-14(7-11)29-5-4-24-8-15(22-17(12)24)25-13(16(20)21)9-30-19(25)27/h5-7,9,13,16H,2-4,8H2,1H3,(H2,23,27);5-7,9,12,16H,2-4,8H2,1H3,(H2,23,27);2-3,7,9,12,16H,4-6,8H2,1H3,(H2,23,27);2-3,6-7,9,13,16H,4-5,8,22H2,1H3;2-3,7-8,10,13,16,28H,4-6,9H2,1H3,(H,23,26)/t9-,13+;2*9-,12+;13-;10-,13+/m11101/s1. The average Bonchev–Trinajstić information content (AvgIpc) is 1.63. The number of nitrogens with two attached hydrogens (primary N) is 4. The van der Waals surface area contributed by atoms with Crippen molar-refractivity contribution in [2.45, 2.75) is 155 Å². The first-order valence-corrected chi connectivity index (χ1v) is 46.7. The van der Waals surface area contributed by atoms with Crippen LogP contribution in [0.25, 0.3) is 62.6 Å². The zero-order valence-electron chi connectivity index (χ0n) is 79.9. The summed E-state index contributed by atoms with van der Waals surface area (Å²) in [5, 5.41) is 8.77. The van der Waals surface area contributed by atoms with E-state index < -0.39 is 177 Å². The number of nitrogens with zero attached hydrogens (tertiary/aromatic N) is 17. The summed E-state index contributed by atoms with van der Waals surface area (Å²) in [4.78, 5) is 136. The summed E-state index contributed by atoms with van der Waals surface area (Å²) in [6, 6.07) is 12.5. The number of hydrogen-bond acceptors (Lipinski definition) is 27. The van der Waals surface area contributed by atoms with Crippen molar-refractivity contribution >= 4 is 89.0 Å². The van der Waals surface area contributed by atoms with Gasteiger partial charge < -0.3 is 97.7 Å². The second kappa shape index (κ2) is 43.5. The van der Waals surface area contributed by atoms with E-state index in [-0.39, 0.29) is 140 Å². The first-order valence-electron chi connectivity index (χ1n) is 46.7. The lowest BCUT2D eigenvalue weighted by atomic mass is 9.98. The van der Waals surface area contributed by atoms with Crippen LogP contribution < -0.4 is 76.6 Å². The number of ether oxygens (including phenoxy) is 10. The molecule has 150 heavy (non-hydrogen) atoms. The predicted molar refractivity (Wildman–Crippen MR) is 499 cm³/mol. The van der Waals surface area contributed by atoms with Crippen molar-refractivity contribution in [3.63, 3.8) is 0 Å². The molecule has 0 bridgehead atoms. The van der Waals surface area contributed by atoms with E-state index in [1.165, 1.54) is 49.1 Å². The molecule has 16 heterocycles. The number of halogens is 13. The number of carbonyl (C=O) groups is 9. The molecule has 0 spiro atoms. The molecule has 11 aromatic rings. The summed E-state index contributed by atoms with van der Waals surface area (Å²) in [5.74, 6) is -2.03. The summed E-state index contributed by atoms with van der Waals surface area (Å²) >= 11 is 0. The topological polar surface area (TPSA) is 505 Å². The molecule has 10 aliphatic rings. The number of hydrogen-bond donors (Lipinski definition) is 6. The summed E-state index contributed by atoms with van der Waals surface area (Å²) < 4.78 is 240. The highest BCUT2D eigenvalue weighted by atomic mass is 19.3. The van der Waals surface area contributed by atoms with Crippen LogP contribution in [0.1, 0.15) is 55.6 Å². The Kier molecular flexibility index (Phi) is 30.4. The fourth-order valence-corrected chi connectivity index (χ4v) is 17.9. The van der Waals surface area contributed by atoms with E-state index in [1.54, 1.807) is 98.9 Å². The Morgan fingerprint density at radius 3 is 1.15 bits per heavy atom. The van der Waals surface area contributed by atoms with Crippen molar-refractivity contribution in [1.29, 1.82) is 0 Å². The number of aromatic nitrogens is 12. The van der Waals surface area contributed by atoms with Crippen LogP contribution in [0.15, 0.2) is 110 Å². The van der Waals surface area contributed by atoms with E-state index >= 15 is 8.78 Å². The summed E-state index contributed by atoms with van der Waals surface area (Å²) in [6.07, 6.45) is -8.49. The van der Waals surface area contributed by atoms with Crippen LogP contribution in [0, 0.1) is 48.0 Å². The molecule has 6 aromatic heterocycles. The van der Waals surface area contributed by atoms with Gasteiger partial charge in [0.25, 0.3) is 32.1 Å². The van der Waals surface area contributed by atoms with Gasteiger partial charge in [0.1, 0.15) is 172 Å². The molecule has 0 saturated carbocycles. The number of nitrogen functional groups attached to an aromatic ring is 1. The van der Waals surface area contributed by atoms with Crippen molar-refractivity contribution in [2.75, 3.05) is 96.3 Å². The Hall–Kier alpha value is -16.6. The molecule has 5 saturated heterocycles. The zero-order valence-corrected chi connectivity index (χ0v) is 79.9. The SMILES string of the molecule is C[C@H](Cc1cc(F)c2c(c1)OCCn1cc(N3C(=O)OC[C@H]3C(F)F)nc1-2)C(N)=O.C[C@H](Cc1cc2c(cc1F)-c1nc(N3C(=O)OC[C@H]3C(F)F)cn1CCO2)C(N)=O.C[C@H](Cc1ccc2c(c1)OCCn1cc(N3C(=O)OC[C@H]3C(F)F)nc1-2)C(=O)NO.C[C@H](Cc1ccc2c(c1F)OCCn1cc(N3C(=O)OC[C@H]3C(F)F)nc1-2)C(N)=O.Cc1c(N)ncn1-c1ccc2c(c1)OCCn1cc(N3C(=O)OC[C@H]3C(F)F)nc1-2. The Morgan fingerprint density at radius 1 is 0.393 bits per heavy atom. The summed E-state index contributed by atoms with van der Waals surface area (Å²) in [7, 11) is 0. The fourth-order valence-electron chi connectivity index (χ4n) is 17.9. The van der Waals surface area contributed by atoms with E-state index in [4.69, 9.17) is 75.5 Å². The smallest absolute Gasteiger partial charge is 0.416 e. The van der Waals surface area contributed by atoms with Crippen molar-refractivity contribution < 1.29 is 153 Å². The maximum absolute atomic E-state index is 15.1. The Morgan fingerprint density at radius 2 is 0.740 bits per heavy atom. The summed E-state index contributed by atoms with van der Waals surface area (Å²) in [6.45, 7) is 9.19. The molecule has 0 unspecified atom stereocenters. The van der Waals surface area contributed by atoms with Crippen LogP contribution in [0.4, 0.5) is 116 Å². The van der Waals surface area contributed by atoms with E-state index in [0.717, 1.165) is 41.4 Å². The normalized spacial score (nSPS) is 18.8. The number of rotatable bonds is 23. The number of amides is 9. The first kappa shape index (κ1) is 105. The highest BCUT2D eigenvalue weighted by molar-refractivity contribution is 5.94. The van der Waals surface area contributed by atoms with Gasteiger partial charge in [0.15, 0.2) is 40.7 Å². The maximum Gasteiger partial charge on any atom is 0.416 e. The van der Waals surface area contributed by atoms with Crippen LogP contribution in [0.2, 0.25) is 0 Å². The Balaban J connectivity index is 0.000000128. The van der Waals surface area contributed by atoms with Crippen molar-refractivity contribution in [3.8, 4) is 91.4 Å². The van der Waals surface area contributed by atoms with Crippen LogP contribution in [-0.4, -0.2) is 245 Å². The molecular formula is C95H95F13N22O20. The van der Waals surface area contributed by atoms with Gasteiger partial charge in [0.2, 0.25) is 23.6 Å². The van der Waals surface area contributed by atoms with Gasteiger partial charge in [0, 0.05) is 60.7 Å². The van der Waals surface area contributed by atoms with Gasteiger partial charge in [-0.05, 0) is 109 Å². The first-order chi connectivity index (χ1) is 71.6. The number of anilines is 6. The third kappa shape index (κ3) is 21.2. The third-order valence-corrected chi connectivity index (χ3v) is 26.1. The number of primary amides is 3. The number of alkyl halides is 10. The van der Waals surface area contributed by atoms with Crippen LogP contribution >= 0.6 is 0 Å². The number of hydroxylamine groups is 1. The second-order valence-electron chi connectivity index (χ2n) is 36.1. The molecule has 5 fully saturated rings. The average molecular weight is 2110 g/mol.